The van der Waals surface area contributed by atoms with Crippen LogP contribution < -0.4 is 11.1 Å². The highest BCUT2D eigenvalue weighted by Crippen LogP contribution is 2.31. The van der Waals surface area contributed by atoms with Gasteiger partial charge in [-0.2, -0.15) is 0 Å². The summed E-state index contributed by atoms with van der Waals surface area (Å²) in [5.41, 5.74) is 5.85. The normalized spacial score (nSPS) is 10.0. The van der Waals surface area contributed by atoms with E-state index in [1.807, 2.05) is 6.07 Å². The number of hydrogen-bond donors (Lipinski definition) is 2. The van der Waals surface area contributed by atoms with Gasteiger partial charge in [0.05, 0.1) is 4.92 Å². The lowest BCUT2D eigenvalue weighted by atomic mass is 10.3. The number of benzene rings is 1. The number of para-hydroxylation sites is 1. The second kappa shape index (κ2) is 4.84. The van der Waals surface area contributed by atoms with E-state index in [1.165, 1.54) is 6.07 Å². The zero-order valence-corrected chi connectivity index (χ0v) is 9.94. The van der Waals surface area contributed by atoms with E-state index in [1.54, 1.807) is 24.3 Å². The number of nitrogens with zero attached hydrogens (tertiary/aromatic N) is 1. The summed E-state index contributed by atoms with van der Waals surface area (Å²) in [5, 5.41) is 13.3. The van der Waals surface area contributed by atoms with Gasteiger partial charge < -0.3 is 11.1 Å². The monoisotopic (exact) mass is 263 g/mol. The van der Waals surface area contributed by atoms with E-state index in [9.17, 15) is 14.9 Å². The van der Waals surface area contributed by atoms with Gasteiger partial charge in [0.15, 0.2) is 5.00 Å². The molecule has 0 bridgehead atoms. The Bertz CT molecular complexity index is 595. The number of thiophene rings is 1. The Hall–Kier alpha value is -2.41. The zero-order valence-electron chi connectivity index (χ0n) is 9.12. The van der Waals surface area contributed by atoms with Crippen LogP contribution >= 0.6 is 11.3 Å². The number of nitrogens with one attached hydrogen (secondary N) is 1. The fourth-order valence-electron chi connectivity index (χ4n) is 1.36. The Morgan fingerprint density at radius 2 is 2.00 bits per heavy atom. The maximum absolute atomic E-state index is 11.8. The molecule has 0 unspecified atom stereocenters. The molecule has 0 saturated heterocycles. The van der Waals surface area contributed by atoms with Gasteiger partial charge in [-0.25, -0.2) is 0 Å². The molecule has 1 aromatic heterocycles. The molecule has 0 aliphatic heterocycles. The number of carbonyl (C=O) groups is 1. The summed E-state index contributed by atoms with van der Waals surface area (Å²) in [6.45, 7) is 0. The molecular weight excluding hydrogens is 254 g/mol. The van der Waals surface area contributed by atoms with Gasteiger partial charge in [-0.15, -0.1) is 11.3 Å². The van der Waals surface area contributed by atoms with E-state index >= 15 is 0 Å². The molecule has 2 rings (SSSR count). The van der Waals surface area contributed by atoms with Gasteiger partial charge in [0, 0.05) is 11.8 Å². The number of anilines is 2. The van der Waals surface area contributed by atoms with Gasteiger partial charge in [0.2, 0.25) is 0 Å². The van der Waals surface area contributed by atoms with Gasteiger partial charge in [0.1, 0.15) is 4.88 Å². The van der Waals surface area contributed by atoms with Gasteiger partial charge in [-0.3, -0.25) is 14.9 Å². The van der Waals surface area contributed by atoms with Crippen LogP contribution in [0.1, 0.15) is 9.67 Å². The van der Waals surface area contributed by atoms with Crippen LogP contribution in [0.2, 0.25) is 0 Å². The minimum atomic E-state index is -0.606. The molecule has 6 nitrogen and oxygen atoms in total. The van der Waals surface area contributed by atoms with Crippen molar-refractivity contribution in [3.05, 3.63) is 51.4 Å². The van der Waals surface area contributed by atoms with Crippen molar-refractivity contribution in [1.82, 2.24) is 0 Å². The predicted octanol–water partition coefficient (Wildman–Crippen LogP) is 2.49. The molecule has 0 aliphatic carbocycles. The van der Waals surface area contributed by atoms with Crippen molar-refractivity contribution in [2.75, 3.05) is 11.1 Å². The lowest BCUT2D eigenvalue weighted by Gasteiger charge is -2.01. The molecule has 0 aliphatic rings. The number of hydrogen-bond acceptors (Lipinski definition) is 5. The quantitative estimate of drug-likeness (QED) is 0.656. The summed E-state index contributed by atoms with van der Waals surface area (Å²) in [4.78, 5) is 22.0. The summed E-state index contributed by atoms with van der Waals surface area (Å²) in [6.07, 6.45) is 0. The lowest BCUT2D eigenvalue weighted by molar-refractivity contribution is -0.383. The highest BCUT2D eigenvalue weighted by Gasteiger charge is 2.20. The molecule has 0 spiro atoms. The second-order valence-electron chi connectivity index (χ2n) is 3.44. The topological polar surface area (TPSA) is 98.3 Å². The average Bonchev–Trinajstić information content (AvgIpc) is 2.73. The SMILES string of the molecule is Nc1sc(C(=O)Nc2ccccc2)cc1[N+](=O)[O-]. The third-order valence-corrected chi connectivity index (χ3v) is 3.14. The molecule has 7 heteroatoms. The molecule has 2 aromatic rings. The summed E-state index contributed by atoms with van der Waals surface area (Å²) in [6, 6.07) is 10.0. The Labute approximate surface area is 106 Å². The highest BCUT2D eigenvalue weighted by molar-refractivity contribution is 7.18. The predicted molar refractivity (Wildman–Crippen MR) is 69.8 cm³/mol. The summed E-state index contributed by atoms with van der Waals surface area (Å²) in [7, 11) is 0. The summed E-state index contributed by atoms with van der Waals surface area (Å²) in [5.74, 6) is -0.411. The fraction of sp³-hybridized carbons (Fsp3) is 0. The standard InChI is InChI=1S/C11H9N3O3S/c12-10-8(14(16)17)6-9(18-10)11(15)13-7-4-2-1-3-5-7/h1-6H,12H2,(H,13,15). The molecule has 3 N–H and O–H groups in total. The van der Waals surface area contributed by atoms with E-state index in [0.717, 1.165) is 11.3 Å². The Kier molecular flexibility index (Phi) is 3.24. The van der Waals surface area contributed by atoms with Crippen LogP contribution in [-0.4, -0.2) is 10.8 Å². The first-order valence-electron chi connectivity index (χ1n) is 4.98. The first-order chi connectivity index (χ1) is 8.58. The molecule has 18 heavy (non-hydrogen) atoms. The van der Waals surface area contributed by atoms with Crippen molar-refractivity contribution in [2.24, 2.45) is 0 Å². The van der Waals surface area contributed by atoms with Crippen molar-refractivity contribution in [2.45, 2.75) is 0 Å². The molecule has 0 atom stereocenters. The van der Waals surface area contributed by atoms with Crippen LogP contribution in [-0.2, 0) is 0 Å². The first-order valence-corrected chi connectivity index (χ1v) is 5.79. The van der Waals surface area contributed by atoms with Crippen LogP contribution in [0.3, 0.4) is 0 Å². The summed E-state index contributed by atoms with van der Waals surface area (Å²) >= 11 is 0.894. The van der Waals surface area contributed by atoms with E-state index in [0.29, 0.717) is 5.69 Å². The van der Waals surface area contributed by atoms with E-state index < -0.39 is 10.8 Å². The van der Waals surface area contributed by atoms with Crippen LogP contribution in [0.5, 0.6) is 0 Å². The van der Waals surface area contributed by atoms with Crippen molar-refractivity contribution < 1.29 is 9.72 Å². The third kappa shape index (κ3) is 2.46. The van der Waals surface area contributed by atoms with Crippen LogP contribution in [0.15, 0.2) is 36.4 Å². The van der Waals surface area contributed by atoms with Crippen molar-refractivity contribution in [3.63, 3.8) is 0 Å². The Balaban J connectivity index is 2.20. The third-order valence-electron chi connectivity index (χ3n) is 2.19. The van der Waals surface area contributed by atoms with E-state index in [4.69, 9.17) is 5.73 Å². The summed E-state index contributed by atoms with van der Waals surface area (Å²) < 4.78 is 0. The fourth-order valence-corrected chi connectivity index (χ4v) is 2.15. The molecular formula is C11H9N3O3S. The van der Waals surface area contributed by atoms with Crippen molar-refractivity contribution in [3.8, 4) is 0 Å². The number of nitrogen functional groups attached to an aromatic ring is 1. The number of rotatable bonds is 3. The Morgan fingerprint density at radius 3 is 2.56 bits per heavy atom. The number of nitrogens with two attached hydrogens (primary N) is 1. The van der Waals surface area contributed by atoms with Gasteiger partial charge in [-0.1, -0.05) is 18.2 Å². The molecule has 1 heterocycles. The first kappa shape index (κ1) is 12.1. The van der Waals surface area contributed by atoms with Gasteiger partial charge >= 0.3 is 5.69 Å². The van der Waals surface area contributed by atoms with E-state index in [2.05, 4.69) is 5.32 Å². The molecule has 1 aromatic carbocycles. The largest absolute Gasteiger partial charge is 0.385 e. The molecule has 0 saturated carbocycles. The molecule has 92 valence electrons. The highest BCUT2D eigenvalue weighted by atomic mass is 32.1. The number of carbonyl (C=O) groups excluding carboxylic acids is 1. The maximum atomic E-state index is 11.8. The van der Waals surface area contributed by atoms with E-state index in [-0.39, 0.29) is 15.6 Å². The molecule has 0 fully saturated rings. The number of nitro groups is 1. The van der Waals surface area contributed by atoms with Gasteiger partial charge in [0.25, 0.3) is 5.91 Å². The molecule has 1 amide bonds. The molecule has 0 radical (unpaired) electrons. The van der Waals surface area contributed by atoms with Crippen LogP contribution in [0.25, 0.3) is 0 Å². The minimum absolute atomic E-state index is 0.0261. The number of amides is 1. The van der Waals surface area contributed by atoms with Gasteiger partial charge in [-0.05, 0) is 12.1 Å². The smallest absolute Gasteiger partial charge is 0.304 e. The second-order valence-corrected chi connectivity index (χ2v) is 4.52. The lowest BCUT2D eigenvalue weighted by Crippen LogP contribution is -2.09. The van der Waals surface area contributed by atoms with Crippen LogP contribution in [0, 0.1) is 10.1 Å². The zero-order chi connectivity index (χ0) is 13.1. The van der Waals surface area contributed by atoms with Crippen molar-refractivity contribution in [1.29, 1.82) is 0 Å². The maximum Gasteiger partial charge on any atom is 0.304 e. The van der Waals surface area contributed by atoms with Crippen molar-refractivity contribution >= 4 is 33.6 Å². The minimum Gasteiger partial charge on any atom is -0.385 e. The average molecular weight is 263 g/mol. The van der Waals surface area contributed by atoms with Crippen LogP contribution in [0.4, 0.5) is 16.4 Å². The Morgan fingerprint density at radius 1 is 1.33 bits per heavy atom.